The number of nitrogens with one attached hydrogen (secondary N) is 1. The Morgan fingerprint density at radius 3 is 3.18 bits per heavy atom. The molecular formula is C9H12FN. The Morgan fingerprint density at radius 2 is 2.45 bits per heavy atom. The Kier molecular flexibility index (Phi) is 1.50. The average molecular weight is 153 g/mol. The number of hydrogen-bond acceptors (Lipinski definition) is 1. The van der Waals surface area contributed by atoms with Gasteiger partial charge < -0.3 is 5.32 Å². The minimum atomic E-state index is -0.691. The van der Waals surface area contributed by atoms with Gasteiger partial charge in [0.1, 0.15) is 6.17 Å². The fraction of sp³-hybridized carbons (Fsp3) is 0.667. The van der Waals surface area contributed by atoms with Crippen LogP contribution in [0.1, 0.15) is 26.2 Å². The van der Waals surface area contributed by atoms with Gasteiger partial charge in [0.2, 0.25) is 0 Å². The van der Waals surface area contributed by atoms with Crippen LogP contribution in [0.3, 0.4) is 0 Å². The predicted molar refractivity (Wildman–Crippen MR) is 41.9 cm³/mol. The third-order valence-electron chi connectivity index (χ3n) is 2.38. The summed E-state index contributed by atoms with van der Waals surface area (Å²) in [5.41, 5.74) is 5.30. The van der Waals surface area contributed by atoms with Gasteiger partial charge in [-0.3, -0.25) is 0 Å². The highest BCUT2D eigenvalue weighted by Gasteiger charge is 2.31. The van der Waals surface area contributed by atoms with Crippen molar-refractivity contribution in [3.63, 3.8) is 0 Å². The molecule has 1 nitrogen and oxygen atoms in total. The molecule has 0 bridgehead atoms. The van der Waals surface area contributed by atoms with Gasteiger partial charge in [-0.05, 0) is 31.8 Å². The molecule has 0 saturated heterocycles. The molecule has 0 aromatic heterocycles. The SMILES string of the molecule is CC1=C=C2CCCC(F)C2N1. The topological polar surface area (TPSA) is 12.0 Å². The zero-order valence-electron chi connectivity index (χ0n) is 6.65. The van der Waals surface area contributed by atoms with Crippen LogP contribution in [0.5, 0.6) is 0 Å². The van der Waals surface area contributed by atoms with E-state index in [1.54, 1.807) is 0 Å². The van der Waals surface area contributed by atoms with Gasteiger partial charge in [0.05, 0.1) is 11.7 Å². The lowest BCUT2D eigenvalue weighted by Gasteiger charge is -2.25. The molecule has 0 aromatic rings. The highest BCUT2D eigenvalue weighted by Crippen LogP contribution is 2.28. The number of fused-ring (bicyclic) bond motifs is 1. The summed E-state index contributed by atoms with van der Waals surface area (Å²) in [6, 6.07) is -0.0382. The quantitative estimate of drug-likeness (QED) is 0.524. The molecule has 1 N–H and O–H groups in total. The van der Waals surface area contributed by atoms with Gasteiger partial charge in [-0.25, -0.2) is 4.39 Å². The zero-order valence-corrected chi connectivity index (χ0v) is 6.65. The van der Waals surface area contributed by atoms with E-state index in [9.17, 15) is 4.39 Å². The first-order chi connectivity index (χ1) is 5.27. The second kappa shape index (κ2) is 2.38. The second-order valence-corrected chi connectivity index (χ2v) is 3.31. The number of hydrogen-bond donors (Lipinski definition) is 1. The van der Waals surface area contributed by atoms with Crippen LogP contribution >= 0.6 is 0 Å². The monoisotopic (exact) mass is 153 g/mol. The second-order valence-electron chi connectivity index (χ2n) is 3.31. The summed E-state index contributed by atoms with van der Waals surface area (Å²) in [5.74, 6) is 0. The average Bonchev–Trinajstić information content (AvgIpc) is 2.31. The van der Waals surface area contributed by atoms with Crippen LogP contribution < -0.4 is 5.32 Å². The van der Waals surface area contributed by atoms with Gasteiger partial charge in [-0.15, -0.1) is 0 Å². The van der Waals surface area contributed by atoms with Crippen molar-refractivity contribution in [2.45, 2.75) is 38.4 Å². The van der Waals surface area contributed by atoms with Crippen LogP contribution in [-0.2, 0) is 0 Å². The Morgan fingerprint density at radius 1 is 1.64 bits per heavy atom. The van der Waals surface area contributed by atoms with E-state index in [0.29, 0.717) is 6.42 Å². The minimum absolute atomic E-state index is 0.0382. The number of alkyl halides is 1. The fourth-order valence-corrected chi connectivity index (χ4v) is 1.86. The van der Waals surface area contributed by atoms with Crippen molar-refractivity contribution in [3.8, 4) is 0 Å². The molecule has 2 unspecified atom stereocenters. The molecule has 1 heterocycles. The molecule has 1 aliphatic carbocycles. The largest absolute Gasteiger partial charge is 0.372 e. The third-order valence-corrected chi connectivity index (χ3v) is 2.38. The number of rotatable bonds is 0. The molecule has 2 heteroatoms. The van der Waals surface area contributed by atoms with E-state index in [2.05, 4.69) is 11.0 Å². The molecule has 1 saturated carbocycles. The first-order valence-electron chi connectivity index (χ1n) is 4.14. The Balaban J connectivity index is 2.22. The molecule has 1 fully saturated rings. The molecule has 1 aliphatic heterocycles. The van der Waals surface area contributed by atoms with Crippen LogP contribution in [0.4, 0.5) is 4.39 Å². The Hall–Kier alpha value is -0.750. The predicted octanol–water partition coefficient (Wildman–Crippen LogP) is 1.91. The Labute approximate surface area is 66.0 Å². The van der Waals surface area contributed by atoms with E-state index in [4.69, 9.17) is 0 Å². The molecule has 0 spiro atoms. The summed E-state index contributed by atoms with van der Waals surface area (Å²) in [5, 5.41) is 3.10. The summed E-state index contributed by atoms with van der Waals surface area (Å²) >= 11 is 0. The van der Waals surface area contributed by atoms with E-state index < -0.39 is 6.17 Å². The highest BCUT2D eigenvalue weighted by atomic mass is 19.1. The lowest BCUT2D eigenvalue weighted by Crippen LogP contribution is -2.37. The van der Waals surface area contributed by atoms with Crippen molar-refractivity contribution in [1.29, 1.82) is 0 Å². The summed E-state index contributed by atoms with van der Waals surface area (Å²) in [4.78, 5) is 0. The van der Waals surface area contributed by atoms with Gasteiger partial charge in [-0.2, -0.15) is 0 Å². The van der Waals surface area contributed by atoms with Gasteiger partial charge in [-0.1, -0.05) is 5.73 Å². The van der Waals surface area contributed by atoms with E-state index in [1.807, 2.05) is 6.92 Å². The van der Waals surface area contributed by atoms with Crippen LogP contribution in [-0.4, -0.2) is 12.2 Å². The molecule has 11 heavy (non-hydrogen) atoms. The minimum Gasteiger partial charge on any atom is -0.372 e. The van der Waals surface area contributed by atoms with E-state index in [0.717, 1.165) is 24.1 Å². The van der Waals surface area contributed by atoms with E-state index >= 15 is 0 Å². The number of halogens is 1. The zero-order chi connectivity index (χ0) is 7.84. The molecule has 0 amide bonds. The van der Waals surface area contributed by atoms with Crippen molar-refractivity contribution in [1.82, 2.24) is 5.32 Å². The van der Waals surface area contributed by atoms with Crippen LogP contribution in [0.15, 0.2) is 17.0 Å². The molecule has 2 rings (SSSR count). The maximum absolute atomic E-state index is 13.2. The van der Waals surface area contributed by atoms with Crippen molar-refractivity contribution in [2.75, 3.05) is 0 Å². The third kappa shape index (κ3) is 1.08. The smallest absolute Gasteiger partial charge is 0.125 e. The molecule has 2 atom stereocenters. The molecule has 0 aromatic carbocycles. The van der Waals surface area contributed by atoms with Crippen molar-refractivity contribution < 1.29 is 4.39 Å². The molecule has 0 radical (unpaired) electrons. The lowest BCUT2D eigenvalue weighted by atomic mass is 9.90. The summed E-state index contributed by atoms with van der Waals surface area (Å²) in [7, 11) is 0. The van der Waals surface area contributed by atoms with Crippen LogP contribution in [0.25, 0.3) is 0 Å². The van der Waals surface area contributed by atoms with Gasteiger partial charge >= 0.3 is 0 Å². The summed E-state index contributed by atoms with van der Waals surface area (Å²) in [6.45, 7) is 1.94. The van der Waals surface area contributed by atoms with Crippen LogP contribution in [0.2, 0.25) is 0 Å². The lowest BCUT2D eigenvalue weighted by molar-refractivity contribution is 0.241. The maximum atomic E-state index is 13.2. The van der Waals surface area contributed by atoms with Crippen molar-refractivity contribution >= 4 is 0 Å². The first kappa shape index (κ1) is 6.93. The summed E-state index contributed by atoms with van der Waals surface area (Å²) in [6.07, 6.45) is 2.02. The molecule has 60 valence electrons. The fourth-order valence-electron chi connectivity index (χ4n) is 1.86. The summed E-state index contributed by atoms with van der Waals surface area (Å²) < 4.78 is 13.2. The Bertz CT molecular complexity index is 238. The van der Waals surface area contributed by atoms with Gasteiger partial charge in [0.15, 0.2) is 0 Å². The maximum Gasteiger partial charge on any atom is 0.125 e. The highest BCUT2D eigenvalue weighted by molar-refractivity contribution is 5.25. The van der Waals surface area contributed by atoms with Crippen molar-refractivity contribution in [2.24, 2.45) is 0 Å². The van der Waals surface area contributed by atoms with Gasteiger partial charge in [0.25, 0.3) is 0 Å². The van der Waals surface area contributed by atoms with E-state index in [1.165, 1.54) is 0 Å². The first-order valence-corrected chi connectivity index (χ1v) is 4.14. The van der Waals surface area contributed by atoms with Gasteiger partial charge in [0, 0.05) is 0 Å². The van der Waals surface area contributed by atoms with Crippen LogP contribution in [0, 0.1) is 0 Å². The normalized spacial score (nSPS) is 35.5. The van der Waals surface area contributed by atoms with E-state index in [-0.39, 0.29) is 6.04 Å². The molecule has 2 aliphatic rings. The standard InChI is InChI=1S/C9H12FN/c1-6-5-7-3-2-4-8(10)9(7)11-6/h8-9,11H,2-4H2,1H3. The van der Waals surface area contributed by atoms with Crippen molar-refractivity contribution in [3.05, 3.63) is 17.0 Å². The molecular weight excluding hydrogens is 141 g/mol.